The van der Waals surface area contributed by atoms with Crippen LogP contribution in [0.15, 0.2) is 33.1 Å². The first-order chi connectivity index (χ1) is 6.93. The van der Waals surface area contributed by atoms with Crippen LogP contribution in [-0.4, -0.2) is 8.42 Å². The van der Waals surface area contributed by atoms with Crippen molar-refractivity contribution in [3.63, 3.8) is 0 Å². The molecule has 15 heavy (non-hydrogen) atoms. The maximum atomic E-state index is 11.5. The van der Waals surface area contributed by atoms with Crippen LogP contribution in [0.2, 0.25) is 0 Å². The van der Waals surface area contributed by atoms with Gasteiger partial charge < -0.3 is 0 Å². The number of rotatable bonds is 0. The van der Waals surface area contributed by atoms with Crippen LogP contribution in [0.4, 0.5) is 0 Å². The van der Waals surface area contributed by atoms with Gasteiger partial charge in [0, 0.05) is 15.4 Å². The van der Waals surface area contributed by atoms with Crippen molar-refractivity contribution in [3.8, 4) is 12.1 Å². The summed E-state index contributed by atoms with van der Waals surface area (Å²) in [6.07, 6.45) is 2.67. The van der Waals surface area contributed by atoms with E-state index >= 15 is 0 Å². The van der Waals surface area contributed by atoms with Crippen molar-refractivity contribution in [2.45, 2.75) is 13.8 Å². The predicted molar refractivity (Wildman–Crippen MR) is 54.7 cm³/mol. The predicted octanol–water partition coefficient (Wildman–Crippen LogP) is 1.57. The highest BCUT2D eigenvalue weighted by atomic mass is 32.2. The molecule has 0 aliphatic carbocycles. The zero-order valence-corrected chi connectivity index (χ0v) is 9.09. The second kappa shape index (κ2) is 3.72. The molecule has 0 saturated heterocycles. The van der Waals surface area contributed by atoms with Crippen molar-refractivity contribution in [2.24, 2.45) is 0 Å². The van der Waals surface area contributed by atoms with Crippen molar-refractivity contribution < 1.29 is 8.42 Å². The number of nitriles is 2. The van der Waals surface area contributed by atoms with E-state index in [2.05, 4.69) is 0 Å². The van der Waals surface area contributed by atoms with Crippen molar-refractivity contribution in [1.29, 1.82) is 10.5 Å². The average Bonchev–Trinajstić information content (AvgIpc) is 2.17. The van der Waals surface area contributed by atoms with Gasteiger partial charge in [0.25, 0.3) is 0 Å². The fourth-order valence-electron chi connectivity index (χ4n) is 1.19. The van der Waals surface area contributed by atoms with Crippen LogP contribution in [0.25, 0.3) is 0 Å². The van der Waals surface area contributed by atoms with Gasteiger partial charge in [-0.15, -0.1) is 0 Å². The molecule has 0 N–H and O–H groups in total. The third-order valence-corrected chi connectivity index (χ3v) is 4.01. The Hall–Kier alpha value is -1.85. The van der Waals surface area contributed by atoms with Gasteiger partial charge in [-0.2, -0.15) is 10.5 Å². The maximum absolute atomic E-state index is 11.5. The Morgan fingerprint density at radius 1 is 1.13 bits per heavy atom. The topological polar surface area (TPSA) is 81.7 Å². The third-order valence-electron chi connectivity index (χ3n) is 2.08. The van der Waals surface area contributed by atoms with Gasteiger partial charge in [0.05, 0.1) is 0 Å². The Morgan fingerprint density at radius 3 is 1.87 bits per heavy atom. The molecule has 4 nitrogen and oxygen atoms in total. The Labute approximate surface area is 88.4 Å². The standard InChI is InChI=1S/C10H8N2O2S/c1-7-3-9(10(5-11)6-12)4-8(2)15(7,13)14/h3-4H,1-2H3. The van der Waals surface area contributed by atoms with Gasteiger partial charge in [0.15, 0.2) is 9.84 Å². The molecule has 0 radical (unpaired) electrons. The lowest BCUT2D eigenvalue weighted by Gasteiger charge is -2.11. The van der Waals surface area contributed by atoms with E-state index in [-0.39, 0.29) is 15.4 Å². The Bertz CT molecular complexity index is 534. The van der Waals surface area contributed by atoms with E-state index in [1.165, 1.54) is 26.0 Å². The first kappa shape index (κ1) is 11.2. The van der Waals surface area contributed by atoms with Crippen LogP contribution in [0.5, 0.6) is 0 Å². The van der Waals surface area contributed by atoms with E-state index in [4.69, 9.17) is 10.5 Å². The normalized spacial score (nSPS) is 18.3. The average molecular weight is 220 g/mol. The molecule has 1 aliphatic heterocycles. The van der Waals surface area contributed by atoms with E-state index < -0.39 is 9.84 Å². The van der Waals surface area contributed by atoms with Crippen LogP contribution in [0.1, 0.15) is 13.8 Å². The second-order valence-corrected chi connectivity index (χ2v) is 5.36. The SMILES string of the molecule is CC1=CC(=C(C#N)C#N)C=C(C)S1(=O)=O. The molecule has 0 unspecified atom stereocenters. The number of sulfone groups is 1. The minimum Gasteiger partial charge on any atom is -0.219 e. The van der Waals surface area contributed by atoms with Crippen LogP contribution in [0.3, 0.4) is 0 Å². The van der Waals surface area contributed by atoms with E-state index in [0.29, 0.717) is 5.57 Å². The van der Waals surface area contributed by atoms with Gasteiger partial charge in [-0.25, -0.2) is 8.42 Å². The zero-order chi connectivity index (χ0) is 11.6. The molecule has 0 saturated carbocycles. The summed E-state index contributed by atoms with van der Waals surface area (Å²) in [6.45, 7) is 2.89. The smallest absolute Gasteiger partial charge is 0.198 e. The summed E-state index contributed by atoms with van der Waals surface area (Å²) < 4.78 is 23.1. The highest BCUT2D eigenvalue weighted by Gasteiger charge is 2.21. The number of hydrogen-bond donors (Lipinski definition) is 0. The first-order valence-corrected chi connectivity index (χ1v) is 5.58. The second-order valence-electron chi connectivity index (χ2n) is 3.07. The minimum absolute atomic E-state index is 0.0800. The lowest BCUT2D eigenvalue weighted by molar-refractivity contribution is 0.607. The fraction of sp³-hybridized carbons (Fsp3) is 0.200. The van der Waals surface area contributed by atoms with E-state index in [1.54, 1.807) is 12.1 Å². The number of allylic oxidation sites excluding steroid dienone is 6. The molecular formula is C10H8N2O2S. The van der Waals surface area contributed by atoms with Gasteiger partial charge in [0.1, 0.15) is 17.7 Å². The third kappa shape index (κ3) is 1.83. The molecule has 0 bridgehead atoms. The van der Waals surface area contributed by atoms with Crippen LogP contribution in [-0.2, 0) is 9.84 Å². The zero-order valence-electron chi connectivity index (χ0n) is 8.27. The molecule has 1 heterocycles. The molecule has 0 spiro atoms. The van der Waals surface area contributed by atoms with Crippen LogP contribution < -0.4 is 0 Å². The monoisotopic (exact) mass is 220 g/mol. The maximum Gasteiger partial charge on any atom is 0.198 e. The fourth-order valence-corrected chi connectivity index (χ4v) is 2.26. The van der Waals surface area contributed by atoms with Gasteiger partial charge in [0.2, 0.25) is 0 Å². The molecule has 0 atom stereocenters. The van der Waals surface area contributed by atoms with Gasteiger partial charge in [-0.3, -0.25) is 0 Å². The number of hydrogen-bond acceptors (Lipinski definition) is 4. The van der Waals surface area contributed by atoms with Crippen molar-refractivity contribution in [3.05, 3.63) is 33.1 Å². The van der Waals surface area contributed by atoms with Gasteiger partial charge >= 0.3 is 0 Å². The van der Waals surface area contributed by atoms with Crippen LogP contribution >= 0.6 is 0 Å². The largest absolute Gasteiger partial charge is 0.219 e. The highest BCUT2D eigenvalue weighted by molar-refractivity contribution is 7.98. The Balaban J connectivity index is 3.51. The van der Waals surface area contributed by atoms with Gasteiger partial charge in [-0.05, 0) is 26.0 Å². The van der Waals surface area contributed by atoms with Crippen LogP contribution in [0, 0.1) is 22.7 Å². The quantitative estimate of drug-likeness (QED) is 0.580. The van der Waals surface area contributed by atoms with Gasteiger partial charge in [-0.1, -0.05) is 0 Å². The summed E-state index contributed by atoms with van der Waals surface area (Å²) >= 11 is 0. The Kier molecular flexibility index (Phi) is 2.78. The summed E-state index contributed by atoms with van der Waals surface area (Å²) in [7, 11) is -3.35. The first-order valence-electron chi connectivity index (χ1n) is 4.09. The molecule has 1 rings (SSSR count). The summed E-state index contributed by atoms with van der Waals surface area (Å²) in [5.41, 5.74) is 0.272. The summed E-state index contributed by atoms with van der Waals surface area (Å²) in [6, 6.07) is 3.45. The molecule has 0 aromatic carbocycles. The van der Waals surface area contributed by atoms with E-state index in [9.17, 15) is 8.42 Å². The molecule has 1 aliphatic rings. The molecule has 0 aromatic heterocycles. The number of nitrogens with zero attached hydrogens (tertiary/aromatic N) is 2. The molecule has 0 fully saturated rings. The lowest BCUT2D eigenvalue weighted by Crippen LogP contribution is -2.07. The summed E-state index contributed by atoms with van der Waals surface area (Å²) in [5.74, 6) is 0. The summed E-state index contributed by atoms with van der Waals surface area (Å²) in [4.78, 5) is 0.306. The van der Waals surface area contributed by atoms with Crippen molar-refractivity contribution in [1.82, 2.24) is 0 Å². The highest BCUT2D eigenvalue weighted by Crippen LogP contribution is 2.26. The van der Waals surface area contributed by atoms with E-state index in [0.717, 1.165) is 0 Å². The molecular weight excluding hydrogens is 212 g/mol. The molecule has 0 aromatic rings. The summed E-state index contributed by atoms with van der Waals surface area (Å²) in [5, 5.41) is 17.3. The molecule has 76 valence electrons. The Morgan fingerprint density at radius 2 is 1.53 bits per heavy atom. The minimum atomic E-state index is -3.35. The van der Waals surface area contributed by atoms with Crippen molar-refractivity contribution in [2.75, 3.05) is 0 Å². The molecule has 0 amide bonds. The van der Waals surface area contributed by atoms with Crippen molar-refractivity contribution >= 4 is 9.84 Å². The van der Waals surface area contributed by atoms with E-state index in [1.807, 2.05) is 0 Å². The lowest BCUT2D eigenvalue weighted by atomic mass is 10.1. The molecule has 5 heteroatoms.